The Labute approximate surface area is 155 Å². The Hall–Kier alpha value is -2.09. The summed E-state index contributed by atoms with van der Waals surface area (Å²) < 4.78 is 10.6. The monoisotopic (exact) mass is 414 g/mol. The first-order valence-electron chi connectivity index (χ1n) is 7.69. The number of hydrogen-bond donors (Lipinski definition) is 2. The number of amides is 2. The highest BCUT2D eigenvalue weighted by atomic mass is 79.9. The van der Waals surface area contributed by atoms with E-state index in [-0.39, 0.29) is 13.0 Å². The Balaban J connectivity index is 2.67. The van der Waals surface area contributed by atoms with Crippen molar-refractivity contribution in [2.24, 2.45) is 0 Å². The molecule has 2 N–H and O–H groups in total. The minimum absolute atomic E-state index is 0.0175. The molecule has 0 unspecified atom stereocenters. The van der Waals surface area contributed by atoms with Crippen molar-refractivity contribution in [2.75, 3.05) is 13.7 Å². The molecule has 1 aromatic rings. The van der Waals surface area contributed by atoms with Gasteiger partial charge in [0.25, 0.3) is 0 Å². The summed E-state index contributed by atoms with van der Waals surface area (Å²) in [6, 6.07) is 6.64. The number of carbonyl (C=O) groups is 3. The number of methoxy groups -OCH3 is 1. The van der Waals surface area contributed by atoms with E-state index in [2.05, 4.69) is 31.3 Å². The second-order valence-electron chi connectivity index (χ2n) is 6.31. The SMILES string of the molecule is COC(=O)C[C@H](NC(=O)CNC(=O)OC(C)(C)C)c1ccc(Br)cc1. The van der Waals surface area contributed by atoms with Gasteiger partial charge in [-0.2, -0.15) is 0 Å². The summed E-state index contributed by atoms with van der Waals surface area (Å²) in [5.74, 6) is -0.893. The summed E-state index contributed by atoms with van der Waals surface area (Å²) in [5, 5.41) is 5.09. The number of rotatable bonds is 6. The Morgan fingerprint density at radius 3 is 2.28 bits per heavy atom. The predicted octanol–water partition coefficient (Wildman–Crippen LogP) is 2.69. The van der Waals surface area contributed by atoms with Crippen molar-refractivity contribution < 1.29 is 23.9 Å². The molecule has 0 heterocycles. The van der Waals surface area contributed by atoms with Gasteiger partial charge in [0.05, 0.1) is 19.6 Å². The lowest BCUT2D eigenvalue weighted by Crippen LogP contribution is -2.41. The molecule has 0 bridgehead atoms. The smallest absolute Gasteiger partial charge is 0.408 e. The second kappa shape index (κ2) is 9.41. The van der Waals surface area contributed by atoms with Crippen molar-refractivity contribution in [3.05, 3.63) is 34.3 Å². The molecule has 1 aromatic carbocycles. The van der Waals surface area contributed by atoms with Gasteiger partial charge in [0, 0.05) is 4.47 Å². The Morgan fingerprint density at radius 1 is 1.16 bits per heavy atom. The van der Waals surface area contributed by atoms with Crippen LogP contribution in [0.25, 0.3) is 0 Å². The molecule has 0 aliphatic carbocycles. The lowest BCUT2D eigenvalue weighted by molar-refractivity contribution is -0.141. The molecule has 8 heteroatoms. The number of halogens is 1. The number of carbonyl (C=O) groups excluding carboxylic acids is 3. The van der Waals surface area contributed by atoms with Crippen LogP contribution in [0.2, 0.25) is 0 Å². The summed E-state index contributed by atoms with van der Waals surface area (Å²) in [5.41, 5.74) is 0.102. The number of esters is 1. The number of nitrogens with one attached hydrogen (secondary N) is 2. The normalized spacial score (nSPS) is 12.0. The van der Waals surface area contributed by atoms with Gasteiger partial charge in [0.2, 0.25) is 5.91 Å². The number of ether oxygens (including phenoxy) is 2. The molecule has 0 saturated heterocycles. The minimum atomic E-state index is -0.684. The molecule has 1 atom stereocenters. The Morgan fingerprint density at radius 2 is 1.76 bits per heavy atom. The molecule has 0 aliphatic rings. The zero-order valence-electron chi connectivity index (χ0n) is 14.7. The van der Waals surface area contributed by atoms with Gasteiger partial charge in [-0.05, 0) is 38.5 Å². The molecule has 0 radical (unpaired) electrons. The first-order valence-corrected chi connectivity index (χ1v) is 8.48. The van der Waals surface area contributed by atoms with E-state index >= 15 is 0 Å². The maximum atomic E-state index is 12.1. The van der Waals surface area contributed by atoms with E-state index in [1.165, 1.54) is 7.11 Å². The number of hydrogen-bond acceptors (Lipinski definition) is 5. The van der Waals surface area contributed by atoms with Gasteiger partial charge in [-0.25, -0.2) is 4.79 Å². The van der Waals surface area contributed by atoms with Crippen LogP contribution in [0.1, 0.15) is 38.8 Å². The third-order valence-electron chi connectivity index (χ3n) is 3.00. The van der Waals surface area contributed by atoms with Gasteiger partial charge in [-0.15, -0.1) is 0 Å². The van der Waals surface area contributed by atoms with E-state index in [9.17, 15) is 14.4 Å². The van der Waals surface area contributed by atoms with Crippen molar-refractivity contribution in [2.45, 2.75) is 38.8 Å². The van der Waals surface area contributed by atoms with Gasteiger partial charge in [0.15, 0.2) is 0 Å². The van der Waals surface area contributed by atoms with E-state index in [1.807, 2.05) is 12.1 Å². The number of alkyl carbamates (subject to hydrolysis) is 1. The van der Waals surface area contributed by atoms with Crippen LogP contribution in [0, 0.1) is 0 Å². The summed E-state index contributed by atoms with van der Waals surface area (Å²) in [6.07, 6.45) is -0.702. The first-order chi connectivity index (χ1) is 11.6. The fraction of sp³-hybridized carbons (Fsp3) is 0.471. The van der Waals surface area contributed by atoms with Crippen LogP contribution >= 0.6 is 15.9 Å². The van der Waals surface area contributed by atoms with Gasteiger partial charge >= 0.3 is 12.1 Å². The van der Waals surface area contributed by atoms with Crippen LogP contribution in [0.3, 0.4) is 0 Å². The van der Waals surface area contributed by atoms with Crippen LogP contribution in [0.15, 0.2) is 28.7 Å². The van der Waals surface area contributed by atoms with Gasteiger partial charge in [-0.1, -0.05) is 28.1 Å². The zero-order chi connectivity index (χ0) is 19.0. The average Bonchev–Trinajstić information content (AvgIpc) is 2.51. The maximum absolute atomic E-state index is 12.1. The molecular formula is C17H23BrN2O5. The van der Waals surface area contributed by atoms with E-state index in [1.54, 1.807) is 32.9 Å². The largest absolute Gasteiger partial charge is 0.469 e. The van der Waals surface area contributed by atoms with E-state index in [0.29, 0.717) is 0 Å². The molecule has 0 saturated carbocycles. The van der Waals surface area contributed by atoms with Crippen molar-refractivity contribution in [3.8, 4) is 0 Å². The fourth-order valence-electron chi connectivity index (χ4n) is 1.91. The van der Waals surface area contributed by atoms with E-state index in [0.717, 1.165) is 10.0 Å². The summed E-state index contributed by atoms with van der Waals surface area (Å²) in [6.45, 7) is 4.93. The molecule has 7 nitrogen and oxygen atoms in total. The van der Waals surface area contributed by atoms with Gasteiger partial charge < -0.3 is 20.1 Å². The third kappa shape index (κ3) is 8.53. The van der Waals surface area contributed by atoms with Crippen LogP contribution < -0.4 is 10.6 Å². The van der Waals surface area contributed by atoms with E-state index < -0.39 is 29.6 Å². The van der Waals surface area contributed by atoms with Gasteiger partial charge in [0.1, 0.15) is 12.1 Å². The third-order valence-corrected chi connectivity index (χ3v) is 3.53. The molecule has 0 spiro atoms. The minimum Gasteiger partial charge on any atom is -0.469 e. The molecule has 0 fully saturated rings. The Kier molecular flexibility index (Phi) is 7.89. The zero-order valence-corrected chi connectivity index (χ0v) is 16.3. The topological polar surface area (TPSA) is 93.7 Å². The molecule has 1 rings (SSSR count). The fourth-order valence-corrected chi connectivity index (χ4v) is 2.17. The van der Waals surface area contributed by atoms with Crippen molar-refractivity contribution in [1.82, 2.24) is 10.6 Å². The highest BCUT2D eigenvalue weighted by molar-refractivity contribution is 9.10. The van der Waals surface area contributed by atoms with Crippen LogP contribution in [0.4, 0.5) is 4.79 Å². The maximum Gasteiger partial charge on any atom is 0.408 e. The quantitative estimate of drug-likeness (QED) is 0.697. The molecule has 138 valence electrons. The lowest BCUT2D eigenvalue weighted by atomic mass is 10.0. The van der Waals surface area contributed by atoms with Crippen LogP contribution in [-0.2, 0) is 19.1 Å². The molecular weight excluding hydrogens is 392 g/mol. The molecule has 25 heavy (non-hydrogen) atoms. The standard InChI is InChI=1S/C17H23BrN2O5/c1-17(2,3)25-16(23)19-10-14(21)20-13(9-15(22)24-4)11-5-7-12(18)8-6-11/h5-8,13H,9-10H2,1-4H3,(H,19,23)(H,20,21)/t13-/m0/s1. The summed E-state index contributed by atoms with van der Waals surface area (Å²) in [7, 11) is 1.28. The van der Waals surface area contributed by atoms with Gasteiger partial charge in [-0.3, -0.25) is 9.59 Å². The highest BCUT2D eigenvalue weighted by Gasteiger charge is 2.20. The van der Waals surface area contributed by atoms with Crippen molar-refractivity contribution in [3.63, 3.8) is 0 Å². The van der Waals surface area contributed by atoms with Crippen LogP contribution in [0.5, 0.6) is 0 Å². The lowest BCUT2D eigenvalue weighted by Gasteiger charge is -2.21. The van der Waals surface area contributed by atoms with Crippen LogP contribution in [-0.4, -0.2) is 37.2 Å². The van der Waals surface area contributed by atoms with E-state index in [4.69, 9.17) is 4.74 Å². The molecule has 0 aromatic heterocycles. The predicted molar refractivity (Wildman–Crippen MR) is 95.9 cm³/mol. The summed E-state index contributed by atoms with van der Waals surface area (Å²) >= 11 is 3.33. The average molecular weight is 415 g/mol. The summed E-state index contributed by atoms with van der Waals surface area (Å²) in [4.78, 5) is 35.3. The molecule has 2 amide bonds. The molecule has 0 aliphatic heterocycles. The van der Waals surface area contributed by atoms with Crippen molar-refractivity contribution >= 4 is 33.9 Å². The second-order valence-corrected chi connectivity index (χ2v) is 7.22. The first kappa shape index (κ1) is 21.0. The van der Waals surface area contributed by atoms with Crippen molar-refractivity contribution in [1.29, 1.82) is 0 Å². The Bertz CT molecular complexity index is 610. The number of benzene rings is 1. The highest BCUT2D eigenvalue weighted by Crippen LogP contribution is 2.20.